The molecule has 106 valence electrons. The Kier molecular flexibility index (Phi) is 6.00. The van der Waals surface area contributed by atoms with E-state index in [0.29, 0.717) is 15.7 Å². The Labute approximate surface area is 125 Å². The smallest absolute Gasteiger partial charge is 0.330 e. The number of nitrogens with zero attached hydrogens (tertiary/aromatic N) is 1. The minimum Gasteiger partial charge on any atom is -0.467 e. The first-order chi connectivity index (χ1) is 9.47. The molecule has 1 aromatic rings. The summed E-state index contributed by atoms with van der Waals surface area (Å²) in [6.07, 6.45) is 0. The number of hydrogen-bond donors (Lipinski definition) is 2. The van der Waals surface area contributed by atoms with Crippen molar-refractivity contribution in [3.63, 3.8) is 0 Å². The highest BCUT2D eigenvalue weighted by molar-refractivity contribution is 9.10. The van der Waals surface area contributed by atoms with Gasteiger partial charge in [0.25, 0.3) is 0 Å². The number of nitrogens with one attached hydrogen (secondary N) is 2. The van der Waals surface area contributed by atoms with Gasteiger partial charge in [-0.1, -0.05) is 0 Å². The minimum atomic E-state index is -0.778. The second kappa shape index (κ2) is 7.50. The second-order valence-corrected chi connectivity index (χ2v) is 4.82. The van der Waals surface area contributed by atoms with Crippen LogP contribution in [0.4, 0.5) is 5.69 Å². The zero-order chi connectivity index (χ0) is 15.1. The molecule has 0 heterocycles. The maximum Gasteiger partial charge on any atom is 0.330 e. The number of anilines is 1. The van der Waals surface area contributed by atoms with E-state index < -0.39 is 12.0 Å². The first-order valence-electron chi connectivity index (χ1n) is 5.76. The fraction of sp³-hybridized carbons (Fsp3) is 0.308. The van der Waals surface area contributed by atoms with Gasteiger partial charge in [0.1, 0.15) is 6.04 Å². The third-order valence-corrected chi connectivity index (χ3v) is 3.11. The molecule has 1 aromatic carbocycles. The molecular formula is C13H14BrN3O3. The highest BCUT2D eigenvalue weighted by atomic mass is 79.9. The van der Waals surface area contributed by atoms with E-state index in [1.165, 1.54) is 14.0 Å². The van der Waals surface area contributed by atoms with Crippen molar-refractivity contribution in [1.82, 2.24) is 5.32 Å². The number of rotatable bonds is 5. The molecule has 7 heteroatoms. The topological polar surface area (TPSA) is 91.2 Å². The normalized spacial score (nSPS) is 11.1. The van der Waals surface area contributed by atoms with Crippen LogP contribution < -0.4 is 10.6 Å². The van der Waals surface area contributed by atoms with Gasteiger partial charge in [-0.2, -0.15) is 5.26 Å². The molecule has 6 nitrogen and oxygen atoms in total. The Balaban J connectivity index is 2.74. The Hall–Kier alpha value is -2.07. The molecule has 0 aliphatic rings. The summed E-state index contributed by atoms with van der Waals surface area (Å²) in [5.41, 5.74) is 1.23. The predicted molar refractivity (Wildman–Crippen MR) is 77.0 cm³/mol. The number of carbonyl (C=O) groups is 2. The SMILES string of the molecule is COC(=O)C(CNc1ccc(C#N)cc1Br)NC(C)=O. The van der Waals surface area contributed by atoms with E-state index in [1.54, 1.807) is 18.2 Å². The highest BCUT2D eigenvalue weighted by Gasteiger charge is 2.20. The van der Waals surface area contributed by atoms with Crippen molar-refractivity contribution in [2.45, 2.75) is 13.0 Å². The molecule has 1 amide bonds. The third-order valence-electron chi connectivity index (χ3n) is 2.46. The van der Waals surface area contributed by atoms with Gasteiger partial charge in [0.05, 0.1) is 18.7 Å². The molecule has 0 aliphatic heterocycles. The van der Waals surface area contributed by atoms with Crippen LogP contribution in [-0.4, -0.2) is 31.6 Å². The number of hydrogen-bond acceptors (Lipinski definition) is 5. The van der Waals surface area contributed by atoms with Gasteiger partial charge in [-0.15, -0.1) is 0 Å². The van der Waals surface area contributed by atoms with E-state index in [1.807, 2.05) is 6.07 Å². The zero-order valence-electron chi connectivity index (χ0n) is 11.1. The lowest BCUT2D eigenvalue weighted by atomic mass is 10.2. The predicted octanol–water partition coefficient (Wildman–Crippen LogP) is 1.41. The number of carbonyl (C=O) groups excluding carboxylic acids is 2. The van der Waals surface area contributed by atoms with Crippen molar-refractivity contribution < 1.29 is 14.3 Å². The maximum absolute atomic E-state index is 11.5. The summed E-state index contributed by atoms with van der Waals surface area (Å²) in [6.45, 7) is 1.50. The standard InChI is InChI=1S/C13H14BrN3O3/c1-8(18)17-12(13(19)20-2)7-16-11-4-3-9(6-15)5-10(11)14/h3-5,12,16H,7H2,1-2H3,(H,17,18). The van der Waals surface area contributed by atoms with Crippen LogP contribution in [0.3, 0.4) is 0 Å². The molecule has 0 saturated heterocycles. The van der Waals surface area contributed by atoms with Crippen LogP contribution in [0, 0.1) is 11.3 Å². The van der Waals surface area contributed by atoms with Gasteiger partial charge in [-0.3, -0.25) is 4.79 Å². The molecule has 0 radical (unpaired) electrons. The van der Waals surface area contributed by atoms with Crippen LogP contribution in [-0.2, 0) is 14.3 Å². The molecule has 2 N–H and O–H groups in total. The average Bonchev–Trinajstić information content (AvgIpc) is 2.43. The van der Waals surface area contributed by atoms with Gasteiger partial charge in [0, 0.05) is 23.6 Å². The monoisotopic (exact) mass is 339 g/mol. The number of amides is 1. The van der Waals surface area contributed by atoms with E-state index in [4.69, 9.17) is 5.26 Å². The van der Waals surface area contributed by atoms with Gasteiger partial charge < -0.3 is 15.4 Å². The maximum atomic E-state index is 11.5. The van der Waals surface area contributed by atoms with Crippen LogP contribution >= 0.6 is 15.9 Å². The molecule has 0 aromatic heterocycles. The second-order valence-electron chi connectivity index (χ2n) is 3.96. The summed E-state index contributed by atoms with van der Waals surface area (Å²) in [5.74, 6) is -0.849. The summed E-state index contributed by atoms with van der Waals surface area (Å²) in [7, 11) is 1.26. The zero-order valence-corrected chi connectivity index (χ0v) is 12.7. The van der Waals surface area contributed by atoms with Gasteiger partial charge in [-0.05, 0) is 34.1 Å². The number of halogens is 1. The number of benzene rings is 1. The molecule has 0 spiro atoms. The lowest BCUT2D eigenvalue weighted by molar-refractivity contribution is -0.144. The minimum absolute atomic E-state index is 0.177. The fourth-order valence-corrected chi connectivity index (χ4v) is 2.04. The molecule has 1 atom stereocenters. The molecule has 20 heavy (non-hydrogen) atoms. The third kappa shape index (κ3) is 4.55. The fourth-order valence-electron chi connectivity index (χ4n) is 1.52. The Morgan fingerprint density at radius 2 is 2.20 bits per heavy atom. The highest BCUT2D eigenvalue weighted by Crippen LogP contribution is 2.23. The van der Waals surface area contributed by atoms with Crippen LogP contribution in [0.25, 0.3) is 0 Å². The van der Waals surface area contributed by atoms with Crippen LogP contribution in [0.1, 0.15) is 12.5 Å². The Morgan fingerprint density at radius 3 is 2.70 bits per heavy atom. The summed E-state index contributed by atoms with van der Waals surface area (Å²) in [6, 6.07) is 6.27. The van der Waals surface area contributed by atoms with Gasteiger partial charge in [0.2, 0.25) is 5.91 Å². The Bertz CT molecular complexity index is 554. The number of ether oxygens (including phenoxy) is 1. The summed E-state index contributed by atoms with van der Waals surface area (Å²) < 4.78 is 5.32. The molecular weight excluding hydrogens is 326 g/mol. The first kappa shape index (κ1) is 16.0. The molecule has 1 unspecified atom stereocenters. The van der Waals surface area contributed by atoms with Crippen molar-refractivity contribution in [2.75, 3.05) is 19.0 Å². The van der Waals surface area contributed by atoms with Gasteiger partial charge in [-0.25, -0.2) is 4.79 Å². The number of esters is 1. The van der Waals surface area contributed by atoms with Crippen molar-refractivity contribution in [3.05, 3.63) is 28.2 Å². The quantitative estimate of drug-likeness (QED) is 0.791. The summed E-state index contributed by atoms with van der Waals surface area (Å²) >= 11 is 3.33. The van der Waals surface area contributed by atoms with E-state index in [2.05, 4.69) is 31.3 Å². The molecule has 0 saturated carbocycles. The van der Waals surface area contributed by atoms with Crippen molar-refractivity contribution in [1.29, 1.82) is 5.26 Å². The van der Waals surface area contributed by atoms with Crippen LogP contribution in [0.5, 0.6) is 0 Å². The molecule has 0 fully saturated rings. The summed E-state index contributed by atoms with van der Waals surface area (Å²) in [5, 5.41) is 14.3. The van der Waals surface area contributed by atoms with E-state index in [9.17, 15) is 9.59 Å². The van der Waals surface area contributed by atoms with Crippen LogP contribution in [0.15, 0.2) is 22.7 Å². The number of methoxy groups -OCH3 is 1. The molecule has 0 aliphatic carbocycles. The lowest BCUT2D eigenvalue weighted by Crippen LogP contribution is -2.45. The average molecular weight is 340 g/mol. The van der Waals surface area contributed by atoms with Crippen molar-refractivity contribution in [3.8, 4) is 6.07 Å². The van der Waals surface area contributed by atoms with Crippen molar-refractivity contribution in [2.24, 2.45) is 0 Å². The van der Waals surface area contributed by atoms with E-state index in [-0.39, 0.29) is 12.5 Å². The van der Waals surface area contributed by atoms with E-state index >= 15 is 0 Å². The van der Waals surface area contributed by atoms with Gasteiger partial charge >= 0.3 is 5.97 Å². The molecule has 1 rings (SSSR count). The largest absolute Gasteiger partial charge is 0.467 e. The Morgan fingerprint density at radius 1 is 1.50 bits per heavy atom. The van der Waals surface area contributed by atoms with Crippen LogP contribution in [0.2, 0.25) is 0 Å². The molecule has 0 bridgehead atoms. The number of nitriles is 1. The van der Waals surface area contributed by atoms with Gasteiger partial charge in [0.15, 0.2) is 0 Å². The first-order valence-corrected chi connectivity index (χ1v) is 6.55. The lowest BCUT2D eigenvalue weighted by Gasteiger charge is -2.17. The van der Waals surface area contributed by atoms with Crippen molar-refractivity contribution >= 4 is 33.5 Å². The summed E-state index contributed by atoms with van der Waals surface area (Å²) in [4.78, 5) is 22.6. The van der Waals surface area contributed by atoms with E-state index in [0.717, 1.165) is 0 Å².